The van der Waals surface area contributed by atoms with Gasteiger partial charge < -0.3 is 14.2 Å². The molecular weight excluding hydrogens is 446 g/mol. The molecular formula is C26H25N5O2S. The first-order valence-electron chi connectivity index (χ1n) is 11.7. The first-order chi connectivity index (χ1) is 16.8. The van der Waals surface area contributed by atoms with E-state index in [0.717, 1.165) is 65.6 Å². The summed E-state index contributed by atoms with van der Waals surface area (Å²) < 4.78 is 5.36. The molecule has 2 fully saturated rings. The lowest BCUT2D eigenvalue weighted by Gasteiger charge is -2.38. The highest BCUT2D eigenvalue weighted by Gasteiger charge is 2.39. The second-order valence-corrected chi connectivity index (χ2v) is 9.82. The highest BCUT2D eigenvalue weighted by atomic mass is 32.1. The summed E-state index contributed by atoms with van der Waals surface area (Å²) in [6.07, 6.45) is 7.18. The zero-order valence-electron chi connectivity index (χ0n) is 18.7. The number of piperidine rings is 1. The maximum atomic E-state index is 13.5. The molecule has 0 bridgehead atoms. The fourth-order valence-electron chi connectivity index (χ4n) is 4.64. The van der Waals surface area contributed by atoms with Crippen molar-refractivity contribution in [2.75, 3.05) is 18.0 Å². The topological polar surface area (TPSA) is 75.4 Å². The number of amides is 1. The summed E-state index contributed by atoms with van der Waals surface area (Å²) in [6.45, 7) is 1.77. The number of carbonyl (C=O) groups excluding carboxylic acids is 1. The van der Waals surface area contributed by atoms with Crippen molar-refractivity contribution in [3.63, 3.8) is 0 Å². The zero-order valence-corrected chi connectivity index (χ0v) is 19.5. The van der Waals surface area contributed by atoms with Crippen LogP contribution >= 0.6 is 11.3 Å². The molecule has 8 heteroatoms. The average Bonchev–Trinajstić information content (AvgIpc) is 3.35. The van der Waals surface area contributed by atoms with Crippen LogP contribution in [-0.4, -0.2) is 51.2 Å². The van der Waals surface area contributed by atoms with Crippen LogP contribution in [0.15, 0.2) is 71.6 Å². The van der Waals surface area contributed by atoms with Crippen LogP contribution in [0.1, 0.15) is 36.0 Å². The van der Waals surface area contributed by atoms with E-state index < -0.39 is 0 Å². The van der Waals surface area contributed by atoms with Crippen LogP contribution in [0.4, 0.5) is 5.13 Å². The minimum Gasteiger partial charge on any atom is -0.444 e. The number of oxazole rings is 1. The van der Waals surface area contributed by atoms with Crippen molar-refractivity contribution < 1.29 is 9.21 Å². The Morgan fingerprint density at radius 1 is 0.912 bits per heavy atom. The third-order valence-electron chi connectivity index (χ3n) is 6.59. The van der Waals surface area contributed by atoms with Gasteiger partial charge in [0.1, 0.15) is 5.01 Å². The van der Waals surface area contributed by atoms with Gasteiger partial charge in [0.05, 0.1) is 6.20 Å². The van der Waals surface area contributed by atoms with E-state index >= 15 is 0 Å². The Morgan fingerprint density at radius 2 is 1.65 bits per heavy atom. The van der Waals surface area contributed by atoms with E-state index in [2.05, 4.69) is 37.1 Å². The monoisotopic (exact) mass is 471 g/mol. The van der Waals surface area contributed by atoms with Gasteiger partial charge in [-0.05, 0) is 37.8 Å². The fraction of sp³-hybridized carbons (Fsp3) is 0.308. The van der Waals surface area contributed by atoms with Gasteiger partial charge in [0, 0.05) is 41.9 Å². The van der Waals surface area contributed by atoms with Crippen LogP contribution in [0.3, 0.4) is 0 Å². The molecule has 0 spiro atoms. The largest absolute Gasteiger partial charge is 0.444 e. The molecule has 2 aliphatic rings. The molecule has 2 aromatic heterocycles. The minimum atomic E-state index is 0.132. The highest BCUT2D eigenvalue weighted by Crippen LogP contribution is 2.35. The average molecular weight is 472 g/mol. The first kappa shape index (κ1) is 21.0. The molecule has 1 aliphatic heterocycles. The molecule has 0 radical (unpaired) electrons. The number of anilines is 1. The number of carbonyl (C=O) groups is 1. The fourth-order valence-corrected chi connectivity index (χ4v) is 5.54. The molecule has 2 aromatic carbocycles. The Bertz CT molecular complexity index is 1240. The zero-order chi connectivity index (χ0) is 22.9. The Hall–Kier alpha value is -3.52. The molecule has 0 atom stereocenters. The number of hydrogen-bond donors (Lipinski definition) is 0. The van der Waals surface area contributed by atoms with Gasteiger partial charge in [0.25, 0.3) is 5.91 Å². The summed E-state index contributed by atoms with van der Waals surface area (Å²) in [7, 11) is 0. The van der Waals surface area contributed by atoms with Gasteiger partial charge in [-0.3, -0.25) is 4.79 Å². The van der Waals surface area contributed by atoms with Crippen LogP contribution in [0, 0.1) is 0 Å². The lowest BCUT2D eigenvalue weighted by molar-refractivity contribution is 0.0630. The summed E-state index contributed by atoms with van der Waals surface area (Å²) >= 11 is 1.64. The second-order valence-electron chi connectivity index (χ2n) is 8.86. The molecule has 1 saturated carbocycles. The van der Waals surface area contributed by atoms with Gasteiger partial charge >= 0.3 is 0 Å². The quantitative estimate of drug-likeness (QED) is 0.388. The summed E-state index contributed by atoms with van der Waals surface area (Å²) in [5, 5.41) is 10.8. The van der Waals surface area contributed by atoms with E-state index in [1.165, 1.54) is 6.39 Å². The van der Waals surface area contributed by atoms with E-state index in [0.29, 0.717) is 11.8 Å². The van der Waals surface area contributed by atoms with E-state index in [1.54, 1.807) is 17.5 Å². The Balaban J connectivity index is 1.13. The molecule has 4 aromatic rings. The van der Waals surface area contributed by atoms with Gasteiger partial charge in [0.2, 0.25) is 5.13 Å². The summed E-state index contributed by atoms with van der Waals surface area (Å²) in [5.41, 5.74) is 2.75. The standard InChI is InChI=1S/C26H25N5O2S/c32-25(20-8-6-18(7-9-20)23-16-27-17-33-23)31(21-10-11-21)22-12-14-30(15-13-22)26-29-28-24(34-26)19-4-2-1-3-5-19/h1-9,16-17,21-22H,10-15H2. The Morgan fingerprint density at radius 3 is 2.32 bits per heavy atom. The van der Waals surface area contributed by atoms with Gasteiger partial charge in [-0.2, -0.15) is 0 Å². The van der Waals surface area contributed by atoms with Crippen molar-refractivity contribution >= 4 is 22.4 Å². The summed E-state index contributed by atoms with van der Waals surface area (Å²) in [6, 6.07) is 18.5. The van der Waals surface area contributed by atoms with Crippen molar-refractivity contribution in [3.8, 4) is 21.9 Å². The second kappa shape index (κ2) is 9.02. The predicted molar refractivity (Wildman–Crippen MR) is 132 cm³/mol. The number of nitrogens with zero attached hydrogens (tertiary/aromatic N) is 5. The SMILES string of the molecule is O=C(c1ccc(-c2cnco2)cc1)N(C1CC1)C1CCN(c2nnc(-c3ccccc3)s2)CC1. The van der Waals surface area contributed by atoms with Gasteiger partial charge in [-0.1, -0.05) is 53.8 Å². The van der Waals surface area contributed by atoms with Crippen LogP contribution < -0.4 is 4.90 Å². The maximum absolute atomic E-state index is 13.5. The third-order valence-corrected chi connectivity index (χ3v) is 7.62. The maximum Gasteiger partial charge on any atom is 0.254 e. The normalized spacial score (nSPS) is 16.5. The van der Waals surface area contributed by atoms with Crippen molar-refractivity contribution in [1.29, 1.82) is 0 Å². The molecule has 7 nitrogen and oxygen atoms in total. The first-order valence-corrected chi connectivity index (χ1v) is 12.5. The van der Waals surface area contributed by atoms with Crippen molar-refractivity contribution in [3.05, 3.63) is 72.8 Å². The number of hydrogen-bond acceptors (Lipinski definition) is 7. The third kappa shape index (κ3) is 4.21. The lowest BCUT2D eigenvalue weighted by atomic mass is 10.0. The molecule has 1 amide bonds. The molecule has 34 heavy (non-hydrogen) atoms. The molecule has 3 heterocycles. The van der Waals surface area contributed by atoms with Gasteiger partial charge in [0.15, 0.2) is 12.2 Å². The van der Waals surface area contributed by atoms with Crippen molar-refractivity contribution in [2.45, 2.75) is 37.8 Å². The molecule has 0 N–H and O–H groups in total. The predicted octanol–water partition coefficient (Wildman–Crippen LogP) is 5.13. The van der Waals surface area contributed by atoms with Gasteiger partial charge in [-0.25, -0.2) is 4.98 Å². The van der Waals surface area contributed by atoms with Crippen LogP contribution in [0.25, 0.3) is 21.9 Å². The highest BCUT2D eigenvalue weighted by molar-refractivity contribution is 7.18. The molecule has 172 valence electrons. The molecule has 1 aliphatic carbocycles. The van der Waals surface area contributed by atoms with Crippen LogP contribution in [0.5, 0.6) is 0 Å². The Labute approximate surface area is 202 Å². The number of benzene rings is 2. The molecule has 0 unspecified atom stereocenters. The van der Waals surface area contributed by atoms with Crippen LogP contribution in [0.2, 0.25) is 0 Å². The smallest absolute Gasteiger partial charge is 0.254 e. The van der Waals surface area contributed by atoms with Crippen LogP contribution in [-0.2, 0) is 0 Å². The molecule has 1 saturated heterocycles. The van der Waals surface area contributed by atoms with E-state index in [9.17, 15) is 4.79 Å². The van der Waals surface area contributed by atoms with Gasteiger partial charge in [-0.15, -0.1) is 10.2 Å². The number of aromatic nitrogens is 3. The summed E-state index contributed by atoms with van der Waals surface area (Å²) in [4.78, 5) is 21.9. The Kier molecular flexibility index (Phi) is 5.58. The molecule has 6 rings (SSSR count). The lowest BCUT2D eigenvalue weighted by Crippen LogP contribution is -2.48. The van der Waals surface area contributed by atoms with E-state index in [4.69, 9.17) is 4.42 Å². The van der Waals surface area contributed by atoms with Crippen molar-refractivity contribution in [1.82, 2.24) is 20.1 Å². The summed E-state index contributed by atoms with van der Waals surface area (Å²) in [5.74, 6) is 0.838. The van der Waals surface area contributed by atoms with E-state index in [-0.39, 0.29) is 11.9 Å². The number of rotatable bonds is 6. The van der Waals surface area contributed by atoms with E-state index in [1.807, 2.05) is 42.5 Å². The van der Waals surface area contributed by atoms with Crippen molar-refractivity contribution in [2.24, 2.45) is 0 Å². The minimum absolute atomic E-state index is 0.132.